The van der Waals surface area contributed by atoms with E-state index in [0.29, 0.717) is 6.54 Å². The van der Waals surface area contributed by atoms with Gasteiger partial charge in [-0.3, -0.25) is 0 Å². The van der Waals surface area contributed by atoms with Gasteiger partial charge in [0, 0.05) is 24.7 Å². The standard InChI is InChI=1S/C10H14N4/c1-2-4-9-12-10-8(7-11)5-3-6-14(10)13-9/h3,5-6H,2,4,7,11H2,1H3. The van der Waals surface area contributed by atoms with E-state index in [4.69, 9.17) is 5.73 Å². The lowest BCUT2D eigenvalue weighted by molar-refractivity contribution is 0.818. The Labute approximate surface area is 82.8 Å². The zero-order chi connectivity index (χ0) is 9.97. The molecule has 0 saturated carbocycles. The van der Waals surface area contributed by atoms with Crippen LogP contribution >= 0.6 is 0 Å². The minimum Gasteiger partial charge on any atom is -0.326 e. The molecule has 14 heavy (non-hydrogen) atoms. The van der Waals surface area contributed by atoms with Crippen molar-refractivity contribution in [2.45, 2.75) is 26.3 Å². The van der Waals surface area contributed by atoms with Crippen LogP contribution in [-0.4, -0.2) is 14.6 Å². The van der Waals surface area contributed by atoms with Crippen LogP contribution < -0.4 is 5.73 Å². The van der Waals surface area contributed by atoms with Crippen LogP contribution in [0.1, 0.15) is 24.7 Å². The van der Waals surface area contributed by atoms with Crippen molar-refractivity contribution in [3.05, 3.63) is 29.7 Å². The average molecular weight is 190 g/mol. The van der Waals surface area contributed by atoms with Crippen molar-refractivity contribution in [1.29, 1.82) is 0 Å². The number of hydrogen-bond acceptors (Lipinski definition) is 3. The summed E-state index contributed by atoms with van der Waals surface area (Å²) in [4.78, 5) is 4.45. The predicted octanol–water partition coefficient (Wildman–Crippen LogP) is 1.14. The van der Waals surface area contributed by atoms with Crippen molar-refractivity contribution < 1.29 is 0 Å². The van der Waals surface area contributed by atoms with Gasteiger partial charge < -0.3 is 5.73 Å². The lowest BCUT2D eigenvalue weighted by Crippen LogP contribution is -1.99. The van der Waals surface area contributed by atoms with Crippen LogP contribution in [0.2, 0.25) is 0 Å². The fourth-order valence-electron chi connectivity index (χ4n) is 1.49. The molecule has 2 aromatic heterocycles. The van der Waals surface area contributed by atoms with Gasteiger partial charge in [-0.05, 0) is 12.5 Å². The summed E-state index contributed by atoms with van der Waals surface area (Å²) in [6.07, 6.45) is 3.89. The summed E-state index contributed by atoms with van der Waals surface area (Å²) in [7, 11) is 0. The fraction of sp³-hybridized carbons (Fsp3) is 0.400. The van der Waals surface area contributed by atoms with Gasteiger partial charge in [-0.25, -0.2) is 9.50 Å². The maximum Gasteiger partial charge on any atom is 0.160 e. The van der Waals surface area contributed by atoms with E-state index in [9.17, 15) is 0 Å². The zero-order valence-corrected chi connectivity index (χ0v) is 8.27. The molecule has 0 aliphatic heterocycles. The van der Waals surface area contributed by atoms with Gasteiger partial charge >= 0.3 is 0 Å². The highest BCUT2D eigenvalue weighted by molar-refractivity contribution is 5.46. The summed E-state index contributed by atoms with van der Waals surface area (Å²) in [5.41, 5.74) is 7.55. The van der Waals surface area contributed by atoms with Crippen molar-refractivity contribution in [2.75, 3.05) is 0 Å². The number of aryl methyl sites for hydroxylation is 1. The SMILES string of the molecule is CCCc1nc2c(CN)cccn2n1. The predicted molar refractivity (Wildman–Crippen MR) is 54.9 cm³/mol. The number of pyridine rings is 1. The lowest BCUT2D eigenvalue weighted by atomic mass is 10.3. The Hall–Kier alpha value is -1.42. The summed E-state index contributed by atoms with van der Waals surface area (Å²) < 4.78 is 1.80. The van der Waals surface area contributed by atoms with Gasteiger partial charge in [0.05, 0.1) is 0 Å². The van der Waals surface area contributed by atoms with Crippen LogP contribution in [0.25, 0.3) is 5.65 Å². The first kappa shape index (κ1) is 9.15. The summed E-state index contributed by atoms with van der Waals surface area (Å²) in [6, 6.07) is 3.93. The highest BCUT2D eigenvalue weighted by Gasteiger charge is 2.05. The molecule has 0 spiro atoms. The lowest BCUT2D eigenvalue weighted by Gasteiger charge is -1.96. The quantitative estimate of drug-likeness (QED) is 0.789. The van der Waals surface area contributed by atoms with E-state index in [1.54, 1.807) is 4.52 Å². The molecule has 2 aromatic rings. The Kier molecular flexibility index (Phi) is 2.45. The third-order valence-corrected chi connectivity index (χ3v) is 2.18. The second-order valence-corrected chi connectivity index (χ2v) is 3.28. The Bertz CT molecular complexity index is 433. The Morgan fingerprint density at radius 2 is 2.36 bits per heavy atom. The van der Waals surface area contributed by atoms with E-state index < -0.39 is 0 Å². The first-order valence-electron chi connectivity index (χ1n) is 4.88. The Morgan fingerprint density at radius 3 is 3.07 bits per heavy atom. The minimum atomic E-state index is 0.509. The molecule has 0 atom stereocenters. The molecule has 0 fully saturated rings. The molecule has 2 heterocycles. The second kappa shape index (κ2) is 3.75. The summed E-state index contributed by atoms with van der Waals surface area (Å²) in [6.45, 7) is 2.63. The largest absolute Gasteiger partial charge is 0.326 e. The maximum absolute atomic E-state index is 5.62. The summed E-state index contributed by atoms with van der Waals surface area (Å²) in [5.74, 6) is 0.897. The van der Waals surface area contributed by atoms with Gasteiger partial charge in [0.25, 0.3) is 0 Å². The van der Waals surface area contributed by atoms with Crippen LogP contribution in [0.5, 0.6) is 0 Å². The van der Waals surface area contributed by atoms with Crippen molar-refractivity contribution in [3.63, 3.8) is 0 Å². The van der Waals surface area contributed by atoms with Gasteiger partial charge in [0.2, 0.25) is 0 Å². The van der Waals surface area contributed by atoms with E-state index in [0.717, 1.165) is 29.9 Å². The normalized spacial score (nSPS) is 11.0. The molecule has 0 radical (unpaired) electrons. The average Bonchev–Trinajstić information content (AvgIpc) is 2.60. The summed E-state index contributed by atoms with van der Waals surface area (Å²) >= 11 is 0. The molecular weight excluding hydrogens is 176 g/mol. The van der Waals surface area contributed by atoms with Crippen LogP contribution in [0.3, 0.4) is 0 Å². The number of nitrogens with zero attached hydrogens (tertiary/aromatic N) is 3. The fourth-order valence-corrected chi connectivity index (χ4v) is 1.49. The molecule has 0 bridgehead atoms. The first-order valence-corrected chi connectivity index (χ1v) is 4.88. The van der Waals surface area contributed by atoms with Crippen LogP contribution in [0.15, 0.2) is 18.3 Å². The number of rotatable bonds is 3. The van der Waals surface area contributed by atoms with Gasteiger partial charge in [-0.1, -0.05) is 13.0 Å². The molecular formula is C10H14N4. The molecule has 0 saturated heterocycles. The van der Waals surface area contributed by atoms with Crippen molar-refractivity contribution in [2.24, 2.45) is 5.73 Å². The van der Waals surface area contributed by atoms with Crippen LogP contribution in [-0.2, 0) is 13.0 Å². The van der Waals surface area contributed by atoms with Crippen LogP contribution in [0.4, 0.5) is 0 Å². The molecule has 0 aliphatic carbocycles. The second-order valence-electron chi connectivity index (χ2n) is 3.28. The van der Waals surface area contributed by atoms with E-state index in [-0.39, 0.29) is 0 Å². The molecule has 2 rings (SSSR count). The van der Waals surface area contributed by atoms with Crippen molar-refractivity contribution in [3.8, 4) is 0 Å². The van der Waals surface area contributed by atoms with E-state index in [1.807, 2.05) is 18.3 Å². The molecule has 2 N–H and O–H groups in total. The Balaban J connectivity index is 2.52. The zero-order valence-electron chi connectivity index (χ0n) is 8.27. The van der Waals surface area contributed by atoms with E-state index >= 15 is 0 Å². The van der Waals surface area contributed by atoms with Crippen LogP contribution in [0, 0.1) is 0 Å². The van der Waals surface area contributed by atoms with Crippen molar-refractivity contribution in [1.82, 2.24) is 14.6 Å². The summed E-state index contributed by atoms with van der Waals surface area (Å²) in [5, 5.41) is 4.36. The van der Waals surface area contributed by atoms with Gasteiger partial charge in [0.1, 0.15) is 0 Å². The molecule has 0 aliphatic rings. The van der Waals surface area contributed by atoms with E-state index in [2.05, 4.69) is 17.0 Å². The molecule has 4 heteroatoms. The molecule has 0 aromatic carbocycles. The molecule has 4 nitrogen and oxygen atoms in total. The number of fused-ring (bicyclic) bond motifs is 1. The monoisotopic (exact) mass is 190 g/mol. The highest BCUT2D eigenvalue weighted by atomic mass is 15.3. The highest BCUT2D eigenvalue weighted by Crippen LogP contribution is 2.08. The minimum absolute atomic E-state index is 0.509. The maximum atomic E-state index is 5.62. The van der Waals surface area contributed by atoms with Gasteiger partial charge in [0.15, 0.2) is 11.5 Å². The number of nitrogens with two attached hydrogens (primary N) is 1. The first-order chi connectivity index (χ1) is 6.85. The smallest absolute Gasteiger partial charge is 0.160 e. The van der Waals surface area contributed by atoms with Gasteiger partial charge in [-0.2, -0.15) is 5.10 Å². The molecule has 0 unspecified atom stereocenters. The van der Waals surface area contributed by atoms with Crippen molar-refractivity contribution >= 4 is 5.65 Å². The van der Waals surface area contributed by atoms with Gasteiger partial charge in [-0.15, -0.1) is 0 Å². The molecule has 74 valence electrons. The molecule has 0 amide bonds. The Morgan fingerprint density at radius 1 is 1.50 bits per heavy atom. The van der Waals surface area contributed by atoms with E-state index in [1.165, 1.54) is 0 Å². The third kappa shape index (κ3) is 1.48. The number of hydrogen-bond donors (Lipinski definition) is 1. The number of aromatic nitrogens is 3. The topological polar surface area (TPSA) is 56.2 Å². The third-order valence-electron chi connectivity index (χ3n) is 2.18.